The van der Waals surface area contributed by atoms with Gasteiger partial charge in [0, 0.05) is 11.3 Å². The van der Waals surface area contributed by atoms with E-state index in [1.54, 1.807) is 19.9 Å². The molecule has 0 unspecified atom stereocenters. The number of carbonyl (C=O) groups excluding carboxylic acids is 1. The molecule has 0 heterocycles. The smallest absolute Gasteiger partial charge is 0.335 e. The minimum atomic E-state index is -3.30. The summed E-state index contributed by atoms with van der Waals surface area (Å²) in [5, 5.41) is 2.96. The van der Waals surface area contributed by atoms with Crippen LogP contribution in [-0.4, -0.2) is 25.7 Å². The van der Waals surface area contributed by atoms with Crippen LogP contribution in [0.1, 0.15) is 88.1 Å². The number of hydrogen-bond donors (Lipinski definition) is 1. The van der Waals surface area contributed by atoms with Gasteiger partial charge in [0.2, 0.25) is 0 Å². The first-order valence-corrected chi connectivity index (χ1v) is 16.8. The summed E-state index contributed by atoms with van der Waals surface area (Å²) < 4.78 is 29.9. The molecule has 1 N–H and O–H groups in total. The molecule has 3 aromatic rings. The highest BCUT2D eigenvalue weighted by atomic mass is 31.2. The lowest BCUT2D eigenvalue weighted by Crippen LogP contribution is -2.13. The van der Waals surface area contributed by atoms with E-state index in [2.05, 4.69) is 12.2 Å². The van der Waals surface area contributed by atoms with Crippen LogP contribution in [0.2, 0.25) is 0 Å². The van der Waals surface area contributed by atoms with Crippen molar-refractivity contribution in [2.75, 3.05) is 25.1 Å². The van der Waals surface area contributed by atoms with Crippen molar-refractivity contribution >= 4 is 19.2 Å². The standard InChI is InChI=1S/C34H46NO5P/c1-4-7-8-9-10-11-12-15-26-38-32-24-22-29(23-25-32)28-18-20-30(21-19-28)34(36)35-33-17-14-13-16-31(33)27-41(37,39-5-2)40-6-3/h13-14,16-25H,4-12,15,26-27H2,1-3H3,(H,35,36). The van der Waals surface area contributed by atoms with Crippen molar-refractivity contribution in [3.63, 3.8) is 0 Å². The molecule has 0 saturated heterocycles. The molecule has 0 bridgehead atoms. The molecule has 0 aliphatic rings. The first-order chi connectivity index (χ1) is 20.0. The maximum Gasteiger partial charge on any atom is 0.335 e. The van der Waals surface area contributed by atoms with E-state index in [1.807, 2.05) is 66.7 Å². The van der Waals surface area contributed by atoms with Crippen LogP contribution in [0.15, 0.2) is 72.8 Å². The number of unbranched alkanes of at least 4 members (excludes halogenated alkanes) is 7. The zero-order chi connectivity index (χ0) is 29.3. The Hall–Kier alpha value is -2.92. The predicted molar refractivity (Wildman–Crippen MR) is 169 cm³/mol. The van der Waals surface area contributed by atoms with Gasteiger partial charge < -0.3 is 19.1 Å². The lowest BCUT2D eigenvalue weighted by molar-refractivity contribution is 0.102. The van der Waals surface area contributed by atoms with Crippen LogP contribution in [-0.2, 0) is 19.8 Å². The number of carbonyl (C=O) groups is 1. The van der Waals surface area contributed by atoms with Crippen LogP contribution in [0.3, 0.4) is 0 Å². The minimum Gasteiger partial charge on any atom is -0.494 e. The summed E-state index contributed by atoms with van der Waals surface area (Å²) in [6, 6.07) is 22.9. The van der Waals surface area contributed by atoms with Gasteiger partial charge in [-0.3, -0.25) is 9.36 Å². The molecule has 1 amide bonds. The molecule has 0 spiro atoms. The maximum absolute atomic E-state index is 13.0. The van der Waals surface area contributed by atoms with E-state index in [0.717, 1.165) is 29.9 Å². The number of rotatable bonds is 19. The Morgan fingerprint density at radius 2 is 1.27 bits per heavy atom. The molecule has 3 rings (SSSR count). The molecule has 0 atom stereocenters. The van der Waals surface area contributed by atoms with Crippen molar-refractivity contribution < 1.29 is 23.1 Å². The van der Waals surface area contributed by atoms with Crippen LogP contribution in [0.4, 0.5) is 5.69 Å². The fraction of sp³-hybridized carbons (Fsp3) is 0.441. The van der Waals surface area contributed by atoms with E-state index < -0.39 is 7.60 Å². The van der Waals surface area contributed by atoms with Crippen LogP contribution in [0, 0.1) is 0 Å². The molecule has 0 aromatic heterocycles. The van der Waals surface area contributed by atoms with Crippen LogP contribution >= 0.6 is 7.60 Å². The third-order valence-corrected chi connectivity index (χ3v) is 8.91. The lowest BCUT2D eigenvalue weighted by atomic mass is 10.0. The minimum absolute atomic E-state index is 0.0862. The van der Waals surface area contributed by atoms with Gasteiger partial charge in [-0.25, -0.2) is 0 Å². The maximum atomic E-state index is 13.0. The average molecular weight is 580 g/mol. The van der Waals surface area contributed by atoms with Crippen molar-refractivity contribution in [3.8, 4) is 16.9 Å². The molecule has 7 heteroatoms. The molecular formula is C34H46NO5P. The van der Waals surface area contributed by atoms with Gasteiger partial charge in [0.05, 0.1) is 26.0 Å². The van der Waals surface area contributed by atoms with E-state index in [-0.39, 0.29) is 25.3 Å². The van der Waals surface area contributed by atoms with Gasteiger partial charge in [-0.1, -0.05) is 94.3 Å². The van der Waals surface area contributed by atoms with Crippen molar-refractivity contribution in [2.45, 2.75) is 78.3 Å². The van der Waals surface area contributed by atoms with E-state index in [9.17, 15) is 9.36 Å². The zero-order valence-corrected chi connectivity index (χ0v) is 25.8. The number of nitrogens with one attached hydrogen (secondary N) is 1. The highest BCUT2D eigenvalue weighted by Crippen LogP contribution is 2.52. The summed E-state index contributed by atoms with van der Waals surface area (Å²) in [4.78, 5) is 13.0. The normalized spacial score (nSPS) is 11.4. The molecule has 41 heavy (non-hydrogen) atoms. The quantitative estimate of drug-likeness (QED) is 0.113. The second-order valence-corrected chi connectivity index (χ2v) is 12.2. The van der Waals surface area contributed by atoms with E-state index in [4.69, 9.17) is 13.8 Å². The third-order valence-electron chi connectivity index (χ3n) is 6.88. The van der Waals surface area contributed by atoms with Gasteiger partial charge >= 0.3 is 7.60 Å². The predicted octanol–water partition coefficient (Wildman–Crippen LogP) is 9.89. The average Bonchev–Trinajstić information content (AvgIpc) is 2.98. The third kappa shape index (κ3) is 11.1. The van der Waals surface area contributed by atoms with Gasteiger partial charge in [0.15, 0.2) is 0 Å². The Kier molecular flexibility index (Phi) is 14.1. The number of amides is 1. The first-order valence-electron chi connectivity index (χ1n) is 15.1. The van der Waals surface area contributed by atoms with Crippen molar-refractivity contribution in [1.82, 2.24) is 0 Å². The summed E-state index contributed by atoms with van der Waals surface area (Å²) in [6.45, 7) is 7.13. The summed E-state index contributed by atoms with van der Waals surface area (Å²) >= 11 is 0. The second kappa shape index (κ2) is 17.8. The Bertz CT molecular complexity index is 1220. The fourth-order valence-electron chi connectivity index (χ4n) is 4.69. The van der Waals surface area contributed by atoms with E-state index in [1.165, 1.54) is 44.9 Å². The Morgan fingerprint density at radius 1 is 0.707 bits per heavy atom. The number of hydrogen-bond acceptors (Lipinski definition) is 5. The largest absolute Gasteiger partial charge is 0.494 e. The summed E-state index contributed by atoms with van der Waals surface area (Å²) in [5.41, 5.74) is 3.90. The topological polar surface area (TPSA) is 73.9 Å². The number of para-hydroxylation sites is 1. The summed E-state index contributed by atoms with van der Waals surface area (Å²) in [7, 11) is -3.30. The second-order valence-electron chi connectivity index (χ2n) is 10.1. The molecule has 0 radical (unpaired) electrons. The number of benzene rings is 3. The van der Waals surface area contributed by atoms with Crippen molar-refractivity contribution in [3.05, 3.63) is 83.9 Å². The molecular weight excluding hydrogens is 533 g/mol. The first kappa shape index (κ1) is 32.6. The van der Waals surface area contributed by atoms with Gasteiger partial charge in [-0.15, -0.1) is 0 Å². The monoisotopic (exact) mass is 579 g/mol. The summed E-state index contributed by atoms with van der Waals surface area (Å²) in [5.74, 6) is 0.640. The highest BCUT2D eigenvalue weighted by Gasteiger charge is 2.25. The number of anilines is 1. The summed E-state index contributed by atoms with van der Waals surface area (Å²) in [6.07, 6.45) is 10.4. The molecule has 222 valence electrons. The van der Waals surface area contributed by atoms with Crippen molar-refractivity contribution in [1.29, 1.82) is 0 Å². The van der Waals surface area contributed by atoms with E-state index in [0.29, 0.717) is 16.8 Å². The Labute approximate surface area is 246 Å². The van der Waals surface area contributed by atoms with Gasteiger partial charge in [-0.2, -0.15) is 0 Å². The molecule has 0 aliphatic carbocycles. The molecule has 0 saturated carbocycles. The zero-order valence-electron chi connectivity index (χ0n) is 24.9. The molecule has 3 aromatic carbocycles. The fourth-order valence-corrected chi connectivity index (χ4v) is 6.43. The van der Waals surface area contributed by atoms with Crippen LogP contribution < -0.4 is 10.1 Å². The highest BCUT2D eigenvalue weighted by molar-refractivity contribution is 7.53. The van der Waals surface area contributed by atoms with Gasteiger partial charge in [0.1, 0.15) is 5.75 Å². The number of ether oxygens (including phenoxy) is 1. The SMILES string of the molecule is CCCCCCCCCCOc1ccc(-c2ccc(C(=O)Nc3ccccc3CP(=O)(OCC)OCC)cc2)cc1. The Balaban J connectivity index is 1.51. The van der Waals surface area contributed by atoms with Crippen LogP contribution in [0.5, 0.6) is 5.75 Å². The van der Waals surface area contributed by atoms with Crippen LogP contribution in [0.25, 0.3) is 11.1 Å². The molecule has 0 fully saturated rings. The molecule has 0 aliphatic heterocycles. The van der Waals surface area contributed by atoms with Gasteiger partial charge in [-0.05, 0) is 67.3 Å². The van der Waals surface area contributed by atoms with E-state index >= 15 is 0 Å². The lowest BCUT2D eigenvalue weighted by Gasteiger charge is -2.19. The van der Waals surface area contributed by atoms with Gasteiger partial charge in [0.25, 0.3) is 5.91 Å². The van der Waals surface area contributed by atoms with Crippen molar-refractivity contribution in [2.24, 2.45) is 0 Å². The Morgan fingerprint density at radius 3 is 1.88 bits per heavy atom. The molecule has 6 nitrogen and oxygen atoms in total.